The number of benzene rings is 1. The van der Waals surface area contributed by atoms with Gasteiger partial charge in [-0.15, -0.1) is 0 Å². The number of nitrogens with one attached hydrogen (secondary N) is 1. The average molecular weight is 365 g/mol. The molecule has 0 unspecified atom stereocenters. The summed E-state index contributed by atoms with van der Waals surface area (Å²) >= 11 is 5.98. The molecule has 1 spiro atoms. The molecule has 2 saturated heterocycles. The Morgan fingerprint density at radius 2 is 2.12 bits per heavy atom. The van der Waals surface area contributed by atoms with Gasteiger partial charge >= 0.3 is 0 Å². The molecule has 138 valence electrons. The zero-order valence-electron chi connectivity index (χ0n) is 15.3. The molecule has 0 aliphatic carbocycles. The predicted octanol–water partition coefficient (Wildman–Crippen LogP) is 3.48. The highest BCUT2D eigenvalue weighted by molar-refractivity contribution is 6.30. The summed E-state index contributed by atoms with van der Waals surface area (Å²) < 4.78 is 6.16. The molecule has 1 aromatic rings. The number of nitrogens with zero attached hydrogens (tertiary/aromatic N) is 1. The number of carbonyl (C=O) groups excluding carboxylic acids is 1. The van der Waals surface area contributed by atoms with Gasteiger partial charge in [-0.25, -0.2) is 0 Å². The topological polar surface area (TPSA) is 41.6 Å². The molecule has 2 heterocycles. The van der Waals surface area contributed by atoms with Crippen LogP contribution in [-0.4, -0.2) is 43.2 Å². The van der Waals surface area contributed by atoms with Crippen LogP contribution in [0.4, 0.5) is 0 Å². The summed E-state index contributed by atoms with van der Waals surface area (Å²) in [5.41, 5.74) is 0.811. The molecular weight excluding hydrogens is 336 g/mol. The van der Waals surface area contributed by atoms with Gasteiger partial charge in [-0.2, -0.15) is 0 Å². The number of piperidine rings is 2. The molecule has 1 aromatic carbocycles. The van der Waals surface area contributed by atoms with Crippen molar-refractivity contribution < 1.29 is 9.53 Å². The highest BCUT2D eigenvalue weighted by atomic mass is 35.5. The molecule has 0 radical (unpaired) electrons. The van der Waals surface area contributed by atoms with Crippen LogP contribution < -0.4 is 5.32 Å². The number of hydrogen-bond acceptors (Lipinski definition) is 3. The maximum Gasteiger partial charge on any atom is 0.230 e. The Hall–Kier alpha value is -1.10. The van der Waals surface area contributed by atoms with E-state index in [1.807, 2.05) is 29.2 Å². The first-order valence-corrected chi connectivity index (χ1v) is 9.72. The van der Waals surface area contributed by atoms with Gasteiger partial charge in [0.05, 0.1) is 11.5 Å². The first-order chi connectivity index (χ1) is 12.0. The van der Waals surface area contributed by atoms with Crippen molar-refractivity contribution in [3.8, 4) is 0 Å². The molecule has 2 atom stereocenters. The largest absolute Gasteiger partial charge is 0.376 e. The summed E-state index contributed by atoms with van der Waals surface area (Å²) in [5, 5.41) is 4.15. The van der Waals surface area contributed by atoms with Crippen LogP contribution >= 0.6 is 11.6 Å². The van der Waals surface area contributed by atoms with Crippen molar-refractivity contribution in [2.75, 3.05) is 26.2 Å². The Morgan fingerprint density at radius 3 is 2.76 bits per heavy atom. The van der Waals surface area contributed by atoms with Gasteiger partial charge in [-0.1, -0.05) is 37.6 Å². The Kier molecular flexibility index (Phi) is 6.03. The van der Waals surface area contributed by atoms with Crippen molar-refractivity contribution >= 4 is 17.5 Å². The van der Waals surface area contributed by atoms with Gasteiger partial charge in [0.2, 0.25) is 5.91 Å². The zero-order chi connectivity index (χ0) is 17.9. The molecule has 4 nitrogen and oxygen atoms in total. The number of rotatable bonds is 5. The van der Waals surface area contributed by atoms with Crippen LogP contribution in [0.2, 0.25) is 5.02 Å². The Morgan fingerprint density at radius 1 is 1.36 bits per heavy atom. The number of likely N-dealkylation sites (tertiary alicyclic amines) is 1. The van der Waals surface area contributed by atoms with E-state index in [-0.39, 0.29) is 17.4 Å². The quantitative estimate of drug-likeness (QED) is 0.869. The SMILES string of the molecule is CC(C)CO[C@@H]1CN(Cc2ccc(Cl)cc2)C(=O)[C@]2(CCCNC2)C1. The second kappa shape index (κ2) is 8.07. The lowest BCUT2D eigenvalue weighted by molar-refractivity contribution is -0.158. The second-order valence-electron chi connectivity index (χ2n) is 7.93. The van der Waals surface area contributed by atoms with Gasteiger partial charge in [0, 0.05) is 31.3 Å². The zero-order valence-corrected chi connectivity index (χ0v) is 16.0. The lowest BCUT2D eigenvalue weighted by Gasteiger charge is -2.47. The molecule has 2 fully saturated rings. The van der Waals surface area contributed by atoms with E-state index in [4.69, 9.17) is 16.3 Å². The van der Waals surface area contributed by atoms with E-state index in [2.05, 4.69) is 19.2 Å². The average Bonchev–Trinajstić information content (AvgIpc) is 2.60. The Balaban J connectivity index is 1.76. The van der Waals surface area contributed by atoms with Gasteiger partial charge in [-0.05, 0) is 49.4 Å². The van der Waals surface area contributed by atoms with E-state index in [0.29, 0.717) is 19.0 Å². The van der Waals surface area contributed by atoms with Crippen molar-refractivity contribution in [2.45, 2.75) is 45.8 Å². The molecule has 0 aromatic heterocycles. The first-order valence-electron chi connectivity index (χ1n) is 9.35. The molecule has 0 saturated carbocycles. The molecule has 1 amide bonds. The standard InChI is InChI=1S/C20H29ClN2O2/c1-15(2)13-25-18-10-20(8-3-9-22-14-20)19(24)23(12-18)11-16-4-6-17(21)7-5-16/h4-7,15,18,22H,3,8-14H2,1-2H3/t18-,20+/m0/s1. The van der Waals surface area contributed by atoms with Crippen LogP contribution in [0.1, 0.15) is 38.7 Å². The highest BCUT2D eigenvalue weighted by Crippen LogP contribution is 2.38. The van der Waals surface area contributed by atoms with Crippen molar-refractivity contribution in [2.24, 2.45) is 11.3 Å². The molecule has 25 heavy (non-hydrogen) atoms. The van der Waals surface area contributed by atoms with Gasteiger partial charge in [0.15, 0.2) is 0 Å². The van der Waals surface area contributed by atoms with E-state index < -0.39 is 0 Å². The Labute approximate surface area is 155 Å². The monoisotopic (exact) mass is 364 g/mol. The normalized spacial score (nSPS) is 27.3. The fourth-order valence-electron chi connectivity index (χ4n) is 3.96. The van der Waals surface area contributed by atoms with E-state index in [9.17, 15) is 4.79 Å². The number of carbonyl (C=O) groups is 1. The van der Waals surface area contributed by atoms with Crippen LogP contribution in [0.25, 0.3) is 0 Å². The highest BCUT2D eigenvalue weighted by Gasteiger charge is 2.48. The Bertz CT molecular complexity index is 582. The number of halogens is 1. The fourth-order valence-corrected chi connectivity index (χ4v) is 4.09. The van der Waals surface area contributed by atoms with Crippen molar-refractivity contribution in [1.82, 2.24) is 10.2 Å². The first kappa shape index (κ1) is 18.7. The minimum absolute atomic E-state index is 0.118. The summed E-state index contributed by atoms with van der Waals surface area (Å²) in [6, 6.07) is 7.77. The van der Waals surface area contributed by atoms with Crippen LogP contribution in [0.5, 0.6) is 0 Å². The van der Waals surface area contributed by atoms with Crippen molar-refractivity contribution in [1.29, 1.82) is 0 Å². The van der Waals surface area contributed by atoms with Gasteiger partial charge in [-0.3, -0.25) is 4.79 Å². The maximum atomic E-state index is 13.3. The van der Waals surface area contributed by atoms with Crippen molar-refractivity contribution in [3.63, 3.8) is 0 Å². The molecule has 2 aliphatic heterocycles. The van der Waals surface area contributed by atoms with Gasteiger partial charge < -0.3 is 15.0 Å². The molecule has 5 heteroatoms. The van der Waals surface area contributed by atoms with Crippen LogP contribution in [-0.2, 0) is 16.1 Å². The molecule has 2 aliphatic rings. The third-order valence-corrected chi connectivity index (χ3v) is 5.46. The molecule has 0 bridgehead atoms. The summed E-state index contributed by atoms with van der Waals surface area (Å²) in [6.45, 7) is 8.15. The number of amides is 1. The fraction of sp³-hybridized carbons (Fsp3) is 0.650. The minimum atomic E-state index is -0.301. The molecule has 3 rings (SSSR count). The summed E-state index contributed by atoms with van der Waals surface area (Å²) in [5.74, 6) is 0.779. The second-order valence-corrected chi connectivity index (χ2v) is 8.36. The van der Waals surface area contributed by atoms with Crippen molar-refractivity contribution in [3.05, 3.63) is 34.9 Å². The van der Waals surface area contributed by atoms with Crippen LogP contribution in [0.15, 0.2) is 24.3 Å². The summed E-state index contributed by atoms with van der Waals surface area (Å²) in [4.78, 5) is 15.3. The van der Waals surface area contributed by atoms with Crippen LogP contribution in [0, 0.1) is 11.3 Å². The maximum absolute atomic E-state index is 13.3. The lowest BCUT2D eigenvalue weighted by Crippen LogP contribution is -2.59. The smallest absolute Gasteiger partial charge is 0.230 e. The third kappa shape index (κ3) is 4.55. The van der Waals surface area contributed by atoms with E-state index in [1.165, 1.54) is 0 Å². The lowest BCUT2D eigenvalue weighted by atomic mass is 9.72. The summed E-state index contributed by atoms with van der Waals surface area (Å²) in [7, 11) is 0. The van der Waals surface area contributed by atoms with E-state index in [1.54, 1.807) is 0 Å². The predicted molar refractivity (Wildman–Crippen MR) is 101 cm³/mol. The molecular formula is C20H29ClN2O2. The van der Waals surface area contributed by atoms with E-state index >= 15 is 0 Å². The van der Waals surface area contributed by atoms with E-state index in [0.717, 1.165) is 49.5 Å². The van der Waals surface area contributed by atoms with Gasteiger partial charge in [0.1, 0.15) is 0 Å². The minimum Gasteiger partial charge on any atom is -0.376 e. The summed E-state index contributed by atoms with van der Waals surface area (Å²) in [6.07, 6.45) is 2.96. The number of ether oxygens (including phenoxy) is 1. The number of hydrogen-bond donors (Lipinski definition) is 1. The molecule has 1 N–H and O–H groups in total. The third-order valence-electron chi connectivity index (χ3n) is 5.21. The van der Waals surface area contributed by atoms with Crippen LogP contribution in [0.3, 0.4) is 0 Å². The van der Waals surface area contributed by atoms with Gasteiger partial charge in [0.25, 0.3) is 0 Å².